The van der Waals surface area contributed by atoms with E-state index >= 15 is 0 Å². The van der Waals surface area contributed by atoms with Crippen LogP contribution in [0.25, 0.3) is 10.9 Å². The maximum absolute atomic E-state index is 11.6. The zero-order valence-electron chi connectivity index (χ0n) is 19.6. The van der Waals surface area contributed by atoms with Gasteiger partial charge in [0.25, 0.3) is 0 Å². The molecular weight excluding hydrogens is 428 g/mol. The van der Waals surface area contributed by atoms with E-state index in [4.69, 9.17) is 10.00 Å². The fourth-order valence-corrected chi connectivity index (χ4v) is 5.56. The average molecular weight is 459 g/mol. The van der Waals surface area contributed by atoms with Crippen LogP contribution in [-0.4, -0.2) is 41.2 Å². The van der Waals surface area contributed by atoms with E-state index in [-0.39, 0.29) is 18.2 Å². The molecular formula is C27H30N4O3. The van der Waals surface area contributed by atoms with Crippen molar-refractivity contribution in [2.45, 2.75) is 45.2 Å². The highest BCUT2D eigenvalue weighted by Gasteiger charge is 2.48. The van der Waals surface area contributed by atoms with Gasteiger partial charge >= 0.3 is 5.97 Å². The number of piperidine rings is 1. The summed E-state index contributed by atoms with van der Waals surface area (Å²) in [6, 6.07) is 11.7. The normalized spacial score (nSPS) is 19.1. The van der Waals surface area contributed by atoms with Gasteiger partial charge in [0, 0.05) is 40.9 Å². The van der Waals surface area contributed by atoms with Crippen LogP contribution >= 0.6 is 0 Å². The molecule has 34 heavy (non-hydrogen) atoms. The lowest BCUT2D eigenvalue weighted by molar-refractivity contribution is 0.0696. The number of rotatable bonds is 7. The number of nitrogens with zero attached hydrogens (tertiary/aromatic N) is 2. The smallest absolute Gasteiger partial charge is 0.335 e. The summed E-state index contributed by atoms with van der Waals surface area (Å²) < 4.78 is 5.80. The Morgan fingerprint density at radius 3 is 2.85 bits per heavy atom. The van der Waals surface area contributed by atoms with Crippen molar-refractivity contribution in [1.82, 2.24) is 9.88 Å². The molecule has 2 fully saturated rings. The molecule has 2 aromatic carbocycles. The Bertz CT molecular complexity index is 1290. The summed E-state index contributed by atoms with van der Waals surface area (Å²) in [5, 5.41) is 23.0. The predicted molar refractivity (Wildman–Crippen MR) is 131 cm³/mol. The molecule has 1 aliphatic heterocycles. The monoisotopic (exact) mass is 458 g/mol. The number of carboxylic acid groups (broad SMARTS) is 1. The molecule has 2 aliphatic rings. The van der Waals surface area contributed by atoms with E-state index in [9.17, 15) is 9.90 Å². The van der Waals surface area contributed by atoms with Crippen LogP contribution < -0.4 is 10.1 Å². The lowest BCUT2D eigenvalue weighted by atomic mass is 9.83. The molecule has 5 rings (SSSR count). The number of hydrogen-bond donors (Lipinski definition) is 3. The summed E-state index contributed by atoms with van der Waals surface area (Å²) in [6.07, 6.45) is 6.68. The predicted octanol–water partition coefficient (Wildman–Crippen LogP) is 5.24. The number of nitrogens with one attached hydrogen (secondary N) is 2. The van der Waals surface area contributed by atoms with Crippen LogP contribution in [0.3, 0.4) is 0 Å². The number of aromatic carboxylic acids is 1. The molecule has 0 radical (unpaired) electrons. The van der Waals surface area contributed by atoms with Crippen molar-refractivity contribution in [1.29, 1.82) is 5.26 Å². The van der Waals surface area contributed by atoms with Gasteiger partial charge in [-0.25, -0.2) is 4.79 Å². The summed E-state index contributed by atoms with van der Waals surface area (Å²) in [5.74, 6) is -0.0796. The summed E-state index contributed by atoms with van der Waals surface area (Å²) in [5.41, 5.74) is 5.85. The van der Waals surface area contributed by atoms with E-state index in [0.29, 0.717) is 5.41 Å². The maximum atomic E-state index is 11.6. The number of H-pyrrole nitrogens is 1. The minimum absolute atomic E-state index is 0.125. The number of benzene rings is 2. The molecule has 1 aromatic heterocycles. The quantitative estimate of drug-likeness (QED) is 0.419. The molecule has 0 bridgehead atoms. The van der Waals surface area contributed by atoms with Crippen molar-refractivity contribution >= 4 is 22.6 Å². The third kappa shape index (κ3) is 3.99. The van der Waals surface area contributed by atoms with E-state index in [2.05, 4.69) is 40.3 Å². The minimum atomic E-state index is -0.968. The number of nitriles is 1. The van der Waals surface area contributed by atoms with Crippen LogP contribution in [-0.2, 0) is 6.54 Å². The van der Waals surface area contributed by atoms with Crippen LogP contribution in [0.1, 0.15) is 58.8 Å². The molecule has 176 valence electrons. The van der Waals surface area contributed by atoms with E-state index in [1.54, 1.807) is 19.2 Å². The number of aromatic amines is 1. The van der Waals surface area contributed by atoms with Gasteiger partial charge in [-0.05, 0) is 80.0 Å². The van der Waals surface area contributed by atoms with E-state index in [0.717, 1.165) is 53.2 Å². The molecule has 7 heteroatoms. The number of aryl methyl sites for hydroxylation is 1. The lowest BCUT2D eigenvalue weighted by Crippen LogP contribution is -2.37. The topological polar surface area (TPSA) is 101 Å². The van der Waals surface area contributed by atoms with Gasteiger partial charge in [-0.1, -0.05) is 6.07 Å². The van der Waals surface area contributed by atoms with Gasteiger partial charge in [-0.3, -0.25) is 4.90 Å². The minimum Gasteiger partial charge on any atom is -0.496 e. The van der Waals surface area contributed by atoms with Gasteiger partial charge < -0.3 is 20.1 Å². The number of methoxy groups -OCH3 is 1. The Balaban J connectivity index is 1.56. The number of aromatic nitrogens is 1. The Labute approximate surface area is 199 Å². The number of carbonyl (C=O) groups is 1. The number of carboxylic acids is 1. The molecule has 1 saturated heterocycles. The van der Waals surface area contributed by atoms with Crippen molar-refractivity contribution < 1.29 is 14.6 Å². The largest absolute Gasteiger partial charge is 0.496 e. The second-order valence-electron chi connectivity index (χ2n) is 9.70. The molecule has 3 aromatic rings. The van der Waals surface area contributed by atoms with Gasteiger partial charge in [0.05, 0.1) is 18.7 Å². The van der Waals surface area contributed by atoms with Gasteiger partial charge in [0.1, 0.15) is 12.3 Å². The third-order valence-corrected chi connectivity index (χ3v) is 7.66. The summed E-state index contributed by atoms with van der Waals surface area (Å²) in [6.45, 7) is 3.91. The SMILES string of the molecule is COc1cc(C)c2[nH]ccc2c1CN1CCC2(CC2)C[C@@H]1c1ccc(C(=O)O)cc1NCC#N. The second kappa shape index (κ2) is 8.69. The molecule has 1 saturated carbocycles. The first-order valence-corrected chi connectivity index (χ1v) is 11.8. The molecule has 0 amide bonds. The van der Waals surface area contributed by atoms with E-state index in [1.165, 1.54) is 24.6 Å². The zero-order valence-corrected chi connectivity index (χ0v) is 19.6. The molecule has 1 atom stereocenters. The van der Waals surface area contributed by atoms with Crippen LogP contribution in [0.5, 0.6) is 5.75 Å². The average Bonchev–Trinajstić information content (AvgIpc) is 3.39. The second-order valence-corrected chi connectivity index (χ2v) is 9.70. The Kier molecular flexibility index (Phi) is 5.70. The van der Waals surface area contributed by atoms with Gasteiger partial charge in [0.15, 0.2) is 0 Å². The highest BCUT2D eigenvalue weighted by atomic mass is 16.5. The van der Waals surface area contributed by atoms with Crippen LogP contribution in [0, 0.1) is 23.7 Å². The number of anilines is 1. The molecule has 2 heterocycles. The Morgan fingerprint density at radius 2 is 2.15 bits per heavy atom. The summed E-state index contributed by atoms with van der Waals surface area (Å²) in [4.78, 5) is 17.5. The standard InChI is InChI=1S/C27H30N4O3/c1-17-13-24(34-2)21(19-5-10-30-25(17)19)16-31-12-8-27(6-7-27)15-23(31)20-4-3-18(26(32)33)14-22(20)29-11-9-28/h3-5,10,13-14,23,29-30H,6-8,11-12,15-16H2,1-2H3,(H,32,33)/t23-/m1/s1. The number of likely N-dealkylation sites (tertiary alicyclic amines) is 1. The van der Waals surface area contributed by atoms with Gasteiger partial charge in [0.2, 0.25) is 0 Å². The maximum Gasteiger partial charge on any atom is 0.335 e. The van der Waals surface area contributed by atoms with Crippen molar-refractivity contribution in [3.8, 4) is 11.8 Å². The first-order chi connectivity index (χ1) is 16.4. The van der Waals surface area contributed by atoms with Crippen LogP contribution in [0.4, 0.5) is 5.69 Å². The third-order valence-electron chi connectivity index (χ3n) is 7.66. The summed E-state index contributed by atoms with van der Waals surface area (Å²) in [7, 11) is 1.72. The van der Waals surface area contributed by atoms with Crippen molar-refractivity contribution in [2.24, 2.45) is 5.41 Å². The Morgan fingerprint density at radius 1 is 1.32 bits per heavy atom. The Hall–Kier alpha value is -3.50. The molecule has 1 spiro atoms. The van der Waals surface area contributed by atoms with E-state index in [1.807, 2.05) is 12.3 Å². The fourth-order valence-electron chi connectivity index (χ4n) is 5.56. The summed E-state index contributed by atoms with van der Waals surface area (Å²) >= 11 is 0. The highest BCUT2D eigenvalue weighted by molar-refractivity contribution is 5.89. The van der Waals surface area contributed by atoms with Crippen molar-refractivity contribution in [2.75, 3.05) is 25.5 Å². The number of ether oxygens (including phenoxy) is 1. The number of fused-ring (bicyclic) bond motifs is 1. The molecule has 7 nitrogen and oxygen atoms in total. The van der Waals surface area contributed by atoms with Gasteiger partial charge in [-0.2, -0.15) is 5.26 Å². The fraction of sp³-hybridized carbons (Fsp3) is 0.407. The first-order valence-electron chi connectivity index (χ1n) is 11.8. The first kappa shape index (κ1) is 22.3. The molecule has 0 unspecified atom stereocenters. The highest BCUT2D eigenvalue weighted by Crippen LogP contribution is 2.59. The lowest BCUT2D eigenvalue weighted by Gasteiger charge is -2.41. The van der Waals surface area contributed by atoms with E-state index < -0.39 is 5.97 Å². The molecule has 1 aliphatic carbocycles. The van der Waals surface area contributed by atoms with Crippen LogP contribution in [0.15, 0.2) is 36.5 Å². The van der Waals surface area contributed by atoms with Crippen molar-refractivity contribution in [3.05, 3.63) is 58.8 Å². The number of hydrogen-bond acceptors (Lipinski definition) is 5. The zero-order chi connectivity index (χ0) is 23.9. The molecule has 3 N–H and O–H groups in total. The van der Waals surface area contributed by atoms with Crippen LogP contribution in [0.2, 0.25) is 0 Å². The van der Waals surface area contributed by atoms with Crippen molar-refractivity contribution in [3.63, 3.8) is 0 Å². The van der Waals surface area contributed by atoms with Gasteiger partial charge in [-0.15, -0.1) is 0 Å².